The molecule has 2 aliphatic heterocycles. The first-order valence-corrected chi connectivity index (χ1v) is 8.66. The summed E-state index contributed by atoms with van der Waals surface area (Å²) >= 11 is 0. The lowest BCUT2D eigenvalue weighted by molar-refractivity contribution is 0.533. The first-order valence-electron chi connectivity index (χ1n) is 8.66. The number of aromatic nitrogens is 4. The number of nitrogens with zero attached hydrogens (tertiary/aromatic N) is 5. The Labute approximate surface area is 139 Å². The Morgan fingerprint density at radius 1 is 1.00 bits per heavy atom. The van der Waals surface area contributed by atoms with Crippen molar-refractivity contribution in [3.05, 3.63) is 40.1 Å². The molecule has 1 N–H and O–H groups in total. The fourth-order valence-corrected chi connectivity index (χ4v) is 4.48. The minimum absolute atomic E-state index is 0.151. The molecule has 124 valence electrons. The molecule has 2 atom stereocenters. The summed E-state index contributed by atoms with van der Waals surface area (Å²) in [5, 5.41) is 6.70. The molecular formula is C17H20N6O. The zero-order valence-electron chi connectivity index (χ0n) is 13.5. The highest BCUT2D eigenvalue weighted by molar-refractivity contribution is 5.52. The van der Waals surface area contributed by atoms with Crippen molar-refractivity contribution in [2.75, 3.05) is 36.0 Å². The third-order valence-electron chi connectivity index (χ3n) is 5.63. The van der Waals surface area contributed by atoms with Crippen LogP contribution in [0.4, 0.5) is 11.6 Å². The molecule has 5 rings (SSSR count). The van der Waals surface area contributed by atoms with E-state index in [2.05, 4.69) is 30.0 Å². The Morgan fingerprint density at radius 2 is 1.79 bits per heavy atom. The molecule has 7 heteroatoms. The maximum Gasteiger partial charge on any atom is 0.264 e. The van der Waals surface area contributed by atoms with Gasteiger partial charge in [-0.25, -0.2) is 15.1 Å². The monoisotopic (exact) mass is 324 g/mol. The number of aromatic amines is 1. The van der Waals surface area contributed by atoms with Crippen molar-refractivity contribution >= 4 is 11.6 Å². The second-order valence-corrected chi connectivity index (χ2v) is 7.09. The largest absolute Gasteiger partial charge is 0.356 e. The van der Waals surface area contributed by atoms with E-state index in [1.54, 1.807) is 12.4 Å². The summed E-state index contributed by atoms with van der Waals surface area (Å²) in [5.74, 6) is 3.30. The van der Waals surface area contributed by atoms with Gasteiger partial charge in [-0.1, -0.05) is 0 Å². The summed E-state index contributed by atoms with van der Waals surface area (Å²) in [7, 11) is 0. The van der Waals surface area contributed by atoms with E-state index in [1.807, 2.05) is 6.07 Å². The lowest BCUT2D eigenvalue weighted by Gasteiger charge is -2.24. The second-order valence-electron chi connectivity index (χ2n) is 7.09. The van der Waals surface area contributed by atoms with Gasteiger partial charge >= 0.3 is 0 Å². The average molecular weight is 324 g/mol. The van der Waals surface area contributed by atoms with Gasteiger partial charge in [0.05, 0.1) is 0 Å². The van der Waals surface area contributed by atoms with E-state index in [4.69, 9.17) is 0 Å². The summed E-state index contributed by atoms with van der Waals surface area (Å²) in [6.45, 7) is 4.09. The molecule has 1 aliphatic carbocycles. The first kappa shape index (κ1) is 13.9. The van der Waals surface area contributed by atoms with Crippen molar-refractivity contribution in [2.24, 2.45) is 11.8 Å². The predicted molar refractivity (Wildman–Crippen MR) is 90.3 cm³/mol. The summed E-state index contributed by atoms with van der Waals surface area (Å²) in [6, 6.07) is 3.36. The minimum atomic E-state index is -0.151. The van der Waals surface area contributed by atoms with Crippen LogP contribution in [-0.4, -0.2) is 46.3 Å². The Balaban J connectivity index is 1.33. The molecular weight excluding hydrogens is 304 g/mol. The van der Waals surface area contributed by atoms with Crippen LogP contribution in [0.3, 0.4) is 0 Å². The normalized spacial score (nSPS) is 25.2. The molecule has 2 fully saturated rings. The van der Waals surface area contributed by atoms with Gasteiger partial charge in [0, 0.05) is 55.3 Å². The van der Waals surface area contributed by atoms with Gasteiger partial charge in [-0.3, -0.25) is 4.79 Å². The first-order chi connectivity index (χ1) is 11.8. The number of anilines is 2. The maximum absolute atomic E-state index is 11.2. The Kier molecular flexibility index (Phi) is 3.08. The van der Waals surface area contributed by atoms with E-state index in [-0.39, 0.29) is 5.56 Å². The number of H-pyrrole nitrogens is 1. The van der Waals surface area contributed by atoms with Gasteiger partial charge in [0.15, 0.2) is 0 Å². The summed E-state index contributed by atoms with van der Waals surface area (Å²) in [5.41, 5.74) is 2.47. The highest BCUT2D eigenvalue weighted by Crippen LogP contribution is 2.37. The van der Waals surface area contributed by atoms with Crippen molar-refractivity contribution in [1.29, 1.82) is 0 Å². The van der Waals surface area contributed by atoms with Gasteiger partial charge in [-0.2, -0.15) is 5.10 Å². The summed E-state index contributed by atoms with van der Waals surface area (Å²) in [4.78, 5) is 24.9. The van der Waals surface area contributed by atoms with E-state index in [1.165, 1.54) is 23.5 Å². The Bertz CT molecular complexity index is 800. The average Bonchev–Trinajstić information content (AvgIpc) is 3.29. The lowest BCUT2D eigenvalue weighted by atomic mass is 10.0. The van der Waals surface area contributed by atoms with Crippen molar-refractivity contribution in [2.45, 2.75) is 19.3 Å². The molecule has 0 radical (unpaired) electrons. The Morgan fingerprint density at radius 3 is 2.54 bits per heavy atom. The summed E-state index contributed by atoms with van der Waals surface area (Å²) in [6.07, 6.45) is 5.14. The van der Waals surface area contributed by atoms with Crippen LogP contribution in [0.2, 0.25) is 0 Å². The highest BCUT2D eigenvalue weighted by Gasteiger charge is 2.41. The van der Waals surface area contributed by atoms with Gasteiger partial charge in [0.1, 0.15) is 18.0 Å². The zero-order valence-corrected chi connectivity index (χ0v) is 13.5. The number of nitrogens with one attached hydrogen (secondary N) is 1. The van der Waals surface area contributed by atoms with Gasteiger partial charge in [0.2, 0.25) is 0 Å². The third-order valence-corrected chi connectivity index (χ3v) is 5.63. The molecule has 0 amide bonds. The van der Waals surface area contributed by atoms with Crippen LogP contribution in [0.1, 0.15) is 17.7 Å². The van der Waals surface area contributed by atoms with Crippen molar-refractivity contribution in [3.8, 4) is 0 Å². The molecule has 7 nitrogen and oxygen atoms in total. The van der Waals surface area contributed by atoms with Crippen molar-refractivity contribution in [1.82, 2.24) is 20.2 Å². The molecule has 0 saturated carbocycles. The van der Waals surface area contributed by atoms with Gasteiger partial charge < -0.3 is 9.80 Å². The number of hydrogen-bond acceptors (Lipinski definition) is 6. The zero-order chi connectivity index (χ0) is 16.1. The molecule has 3 aliphatic rings. The van der Waals surface area contributed by atoms with E-state index in [0.717, 1.165) is 44.8 Å². The molecule has 4 heterocycles. The molecule has 2 saturated heterocycles. The van der Waals surface area contributed by atoms with Crippen LogP contribution in [0.15, 0.2) is 23.3 Å². The van der Waals surface area contributed by atoms with Gasteiger partial charge in [-0.05, 0) is 25.3 Å². The Hall–Kier alpha value is -2.44. The number of rotatable bonds is 2. The van der Waals surface area contributed by atoms with Gasteiger partial charge in [-0.15, -0.1) is 0 Å². The standard InChI is InChI=1S/C17H20N6O/c24-16-5-4-15(20-21-16)22-6-11-8-23(9-12(11)7-22)17-13-2-1-3-14(13)18-10-19-17/h4-5,10-12H,1-3,6-9H2,(H,21,24). The van der Waals surface area contributed by atoms with Crippen molar-refractivity contribution < 1.29 is 0 Å². The summed E-state index contributed by atoms with van der Waals surface area (Å²) < 4.78 is 0. The smallest absolute Gasteiger partial charge is 0.264 e. The van der Waals surface area contributed by atoms with Crippen LogP contribution in [0.25, 0.3) is 0 Å². The van der Waals surface area contributed by atoms with E-state index >= 15 is 0 Å². The fourth-order valence-electron chi connectivity index (χ4n) is 4.48. The quantitative estimate of drug-likeness (QED) is 0.873. The molecule has 0 spiro atoms. The molecule has 2 aromatic heterocycles. The van der Waals surface area contributed by atoms with Crippen LogP contribution in [0.5, 0.6) is 0 Å². The number of aryl methyl sites for hydroxylation is 1. The van der Waals surface area contributed by atoms with Crippen LogP contribution in [0, 0.1) is 11.8 Å². The molecule has 0 aromatic carbocycles. The number of fused-ring (bicyclic) bond motifs is 2. The number of hydrogen-bond donors (Lipinski definition) is 1. The molecule has 2 aromatic rings. The minimum Gasteiger partial charge on any atom is -0.356 e. The third kappa shape index (κ3) is 2.18. The highest BCUT2D eigenvalue weighted by atomic mass is 16.1. The topological polar surface area (TPSA) is 78.0 Å². The molecule has 2 unspecified atom stereocenters. The second kappa shape index (κ2) is 5.29. The SMILES string of the molecule is O=c1ccc(N2CC3CN(c4ncnc5c4CCC5)CC3C2)n[nH]1. The van der Waals surface area contributed by atoms with E-state index in [9.17, 15) is 4.79 Å². The van der Waals surface area contributed by atoms with Gasteiger partial charge in [0.25, 0.3) is 5.56 Å². The lowest BCUT2D eigenvalue weighted by Crippen LogP contribution is -2.30. The van der Waals surface area contributed by atoms with Crippen LogP contribution >= 0.6 is 0 Å². The fraction of sp³-hybridized carbons (Fsp3) is 0.529. The van der Waals surface area contributed by atoms with E-state index in [0.29, 0.717) is 11.8 Å². The van der Waals surface area contributed by atoms with Crippen LogP contribution < -0.4 is 15.4 Å². The predicted octanol–water partition coefficient (Wildman–Crippen LogP) is 0.621. The maximum atomic E-state index is 11.2. The molecule has 0 bridgehead atoms. The van der Waals surface area contributed by atoms with E-state index < -0.39 is 0 Å². The molecule has 24 heavy (non-hydrogen) atoms. The van der Waals surface area contributed by atoms with Crippen molar-refractivity contribution in [3.63, 3.8) is 0 Å². The van der Waals surface area contributed by atoms with Crippen LogP contribution in [-0.2, 0) is 12.8 Å².